The summed E-state index contributed by atoms with van der Waals surface area (Å²) in [5.41, 5.74) is 5.69. The fourth-order valence-electron chi connectivity index (χ4n) is 2.25. The summed E-state index contributed by atoms with van der Waals surface area (Å²) in [5, 5.41) is 3.03. The maximum absolute atomic E-state index is 11.9. The highest BCUT2D eigenvalue weighted by Gasteiger charge is 2.28. The van der Waals surface area contributed by atoms with Crippen molar-refractivity contribution < 1.29 is 9.53 Å². The van der Waals surface area contributed by atoms with Gasteiger partial charge in [0.25, 0.3) is 0 Å². The van der Waals surface area contributed by atoms with E-state index >= 15 is 0 Å². The van der Waals surface area contributed by atoms with Crippen LogP contribution in [0.4, 0.5) is 0 Å². The third kappa shape index (κ3) is 3.46. The normalized spacial score (nSPS) is 27.4. The van der Waals surface area contributed by atoms with Gasteiger partial charge in [-0.2, -0.15) is 0 Å². The van der Waals surface area contributed by atoms with Crippen molar-refractivity contribution in [3.63, 3.8) is 0 Å². The van der Waals surface area contributed by atoms with Crippen LogP contribution in [0, 0.1) is 11.8 Å². The van der Waals surface area contributed by atoms with Crippen molar-refractivity contribution in [1.82, 2.24) is 5.32 Å². The number of hydrogen-bond acceptors (Lipinski definition) is 3. The van der Waals surface area contributed by atoms with Crippen LogP contribution >= 0.6 is 0 Å². The first kappa shape index (κ1) is 11.9. The molecule has 2 fully saturated rings. The Balaban J connectivity index is 1.76. The van der Waals surface area contributed by atoms with E-state index < -0.39 is 0 Å². The van der Waals surface area contributed by atoms with Crippen molar-refractivity contribution in [3.8, 4) is 0 Å². The van der Waals surface area contributed by atoms with Gasteiger partial charge in [-0.1, -0.05) is 0 Å². The van der Waals surface area contributed by atoms with Crippen LogP contribution in [0.25, 0.3) is 0 Å². The number of amides is 1. The lowest BCUT2D eigenvalue weighted by Gasteiger charge is -2.25. The van der Waals surface area contributed by atoms with Crippen LogP contribution in [0.1, 0.15) is 32.1 Å². The molecule has 1 saturated heterocycles. The van der Waals surface area contributed by atoms with E-state index in [1.807, 2.05) is 0 Å². The molecule has 0 aromatic rings. The van der Waals surface area contributed by atoms with Gasteiger partial charge in [0.05, 0.1) is 5.92 Å². The molecule has 1 heterocycles. The molecule has 2 rings (SSSR count). The summed E-state index contributed by atoms with van der Waals surface area (Å²) in [6, 6.07) is 0.434. The molecular formula is C12H22N2O2. The molecule has 2 aliphatic rings. The summed E-state index contributed by atoms with van der Waals surface area (Å²) in [6.45, 7) is 2.13. The monoisotopic (exact) mass is 226 g/mol. The van der Waals surface area contributed by atoms with E-state index in [1.54, 1.807) is 0 Å². The van der Waals surface area contributed by atoms with Crippen molar-refractivity contribution in [2.24, 2.45) is 17.6 Å². The Kier molecular flexibility index (Phi) is 4.18. The first-order valence-electron chi connectivity index (χ1n) is 6.37. The van der Waals surface area contributed by atoms with Gasteiger partial charge in [0.2, 0.25) is 5.91 Å². The van der Waals surface area contributed by atoms with E-state index in [2.05, 4.69) is 5.32 Å². The van der Waals surface area contributed by atoms with E-state index in [4.69, 9.17) is 10.5 Å². The zero-order valence-electron chi connectivity index (χ0n) is 9.78. The zero-order valence-corrected chi connectivity index (χ0v) is 9.78. The number of carbonyl (C=O) groups is 1. The van der Waals surface area contributed by atoms with Crippen LogP contribution in [0.5, 0.6) is 0 Å². The van der Waals surface area contributed by atoms with Gasteiger partial charge >= 0.3 is 0 Å². The molecule has 2 unspecified atom stereocenters. The smallest absolute Gasteiger partial charge is 0.224 e. The third-order valence-corrected chi connectivity index (χ3v) is 3.45. The number of hydrogen-bond donors (Lipinski definition) is 2. The van der Waals surface area contributed by atoms with Crippen LogP contribution < -0.4 is 11.1 Å². The predicted octanol–water partition coefficient (Wildman–Crippen LogP) is 0.657. The second-order valence-electron chi connectivity index (χ2n) is 5.03. The van der Waals surface area contributed by atoms with Gasteiger partial charge in [-0.3, -0.25) is 4.79 Å². The SMILES string of the molecule is NCC(CC1CCCOC1)C(=O)NC1CC1. The lowest BCUT2D eigenvalue weighted by Crippen LogP contribution is -2.38. The Hall–Kier alpha value is -0.610. The molecule has 0 radical (unpaired) electrons. The number of rotatable bonds is 5. The molecule has 1 aliphatic heterocycles. The quantitative estimate of drug-likeness (QED) is 0.723. The highest BCUT2D eigenvalue weighted by molar-refractivity contribution is 5.79. The van der Waals surface area contributed by atoms with Gasteiger partial charge < -0.3 is 15.8 Å². The van der Waals surface area contributed by atoms with Crippen molar-refractivity contribution in [2.45, 2.75) is 38.1 Å². The molecule has 1 amide bonds. The highest BCUT2D eigenvalue weighted by atomic mass is 16.5. The van der Waals surface area contributed by atoms with Crippen molar-refractivity contribution in [2.75, 3.05) is 19.8 Å². The molecule has 0 spiro atoms. The number of ether oxygens (including phenoxy) is 1. The summed E-state index contributed by atoms with van der Waals surface area (Å²) in [7, 11) is 0. The maximum Gasteiger partial charge on any atom is 0.224 e. The van der Waals surface area contributed by atoms with Crippen LogP contribution in [0.3, 0.4) is 0 Å². The topological polar surface area (TPSA) is 64.3 Å². The van der Waals surface area contributed by atoms with E-state index in [1.165, 1.54) is 6.42 Å². The first-order valence-corrected chi connectivity index (χ1v) is 6.37. The maximum atomic E-state index is 11.9. The van der Waals surface area contributed by atoms with Crippen LogP contribution in [0.15, 0.2) is 0 Å². The lowest BCUT2D eigenvalue weighted by atomic mass is 9.90. The Labute approximate surface area is 96.9 Å². The predicted molar refractivity (Wildman–Crippen MR) is 61.9 cm³/mol. The standard InChI is InChI=1S/C12H22N2O2/c13-7-10(12(15)14-11-3-4-11)6-9-2-1-5-16-8-9/h9-11H,1-8,13H2,(H,14,15). The van der Waals surface area contributed by atoms with Gasteiger partial charge in [-0.25, -0.2) is 0 Å². The average molecular weight is 226 g/mol. The third-order valence-electron chi connectivity index (χ3n) is 3.45. The van der Waals surface area contributed by atoms with Crippen LogP contribution in [-0.4, -0.2) is 31.7 Å². The summed E-state index contributed by atoms with van der Waals surface area (Å²) >= 11 is 0. The molecule has 2 atom stereocenters. The van der Waals surface area contributed by atoms with E-state index in [-0.39, 0.29) is 11.8 Å². The molecule has 92 valence electrons. The minimum Gasteiger partial charge on any atom is -0.381 e. The zero-order chi connectivity index (χ0) is 11.4. The molecule has 0 bridgehead atoms. The van der Waals surface area contributed by atoms with Crippen molar-refractivity contribution in [1.29, 1.82) is 0 Å². The van der Waals surface area contributed by atoms with Crippen molar-refractivity contribution >= 4 is 5.91 Å². The van der Waals surface area contributed by atoms with Gasteiger partial charge in [0.15, 0.2) is 0 Å². The Morgan fingerprint density at radius 1 is 1.44 bits per heavy atom. The lowest BCUT2D eigenvalue weighted by molar-refractivity contribution is -0.125. The number of nitrogens with two attached hydrogens (primary N) is 1. The molecule has 1 saturated carbocycles. The van der Waals surface area contributed by atoms with Gasteiger partial charge in [0.1, 0.15) is 0 Å². The minimum atomic E-state index is -0.0210. The van der Waals surface area contributed by atoms with Crippen molar-refractivity contribution in [3.05, 3.63) is 0 Å². The summed E-state index contributed by atoms with van der Waals surface area (Å²) in [5.74, 6) is 0.648. The first-order chi connectivity index (χ1) is 7.79. The number of carbonyl (C=O) groups excluding carboxylic acids is 1. The van der Waals surface area contributed by atoms with Gasteiger partial charge in [-0.15, -0.1) is 0 Å². The molecule has 4 heteroatoms. The van der Waals surface area contributed by atoms with Crippen LogP contribution in [-0.2, 0) is 9.53 Å². The molecule has 0 aromatic carbocycles. The second-order valence-corrected chi connectivity index (χ2v) is 5.03. The van der Waals surface area contributed by atoms with Gasteiger partial charge in [0, 0.05) is 25.8 Å². The summed E-state index contributed by atoms with van der Waals surface area (Å²) in [6.07, 6.45) is 5.44. The largest absolute Gasteiger partial charge is 0.381 e. The molecule has 16 heavy (non-hydrogen) atoms. The van der Waals surface area contributed by atoms with E-state index in [0.29, 0.717) is 18.5 Å². The molecular weight excluding hydrogens is 204 g/mol. The summed E-state index contributed by atoms with van der Waals surface area (Å²) in [4.78, 5) is 11.9. The van der Waals surface area contributed by atoms with Crippen LogP contribution in [0.2, 0.25) is 0 Å². The molecule has 0 aromatic heterocycles. The fraction of sp³-hybridized carbons (Fsp3) is 0.917. The Bertz CT molecular complexity index is 235. The Morgan fingerprint density at radius 3 is 2.81 bits per heavy atom. The fourth-order valence-corrected chi connectivity index (χ4v) is 2.25. The van der Waals surface area contributed by atoms with E-state index in [0.717, 1.165) is 38.9 Å². The highest BCUT2D eigenvalue weighted by Crippen LogP contribution is 2.23. The Morgan fingerprint density at radius 2 is 2.25 bits per heavy atom. The average Bonchev–Trinajstić information content (AvgIpc) is 3.11. The number of nitrogens with one attached hydrogen (secondary N) is 1. The minimum absolute atomic E-state index is 0.0210. The van der Waals surface area contributed by atoms with Gasteiger partial charge in [-0.05, 0) is 38.0 Å². The van der Waals surface area contributed by atoms with E-state index in [9.17, 15) is 4.79 Å². The molecule has 3 N–H and O–H groups in total. The summed E-state index contributed by atoms with van der Waals surface area (Å²) < 4.78 is 5.43. The molecule has 1 aliphatic carbocycles. The molecule has 4 nitrogen and oxygen atoms in total. The second kappa shape index (κ2) is 5.64.